The Labute approximate surface area is 114 Å². The predicted molar refractivity (Wildman–Crippen MR) is 75.7 cm³/mol. The van der Waals surface area contributed by atoms with Crippen molar-refractivity contribution in [3.63, 3.8) is 0 Å². The summed E-state index contributed by atoms with van der Waals surface area (Å²) in [6.45, 7) is 4.80. The van der Waals surface area contributed by atoms with Gasteiger partial charge < -0.3 is 9.47 Å². The molecule has 0 saturated heterocycles. The van der Waals surface area contributed by atoms with Gasteiger partial charge in [-0.2, -0.15) is 0 Å². The number of methoxy groups -OCH3 is 1. The molecule has 1 aromatic heterocycles. The second-order valence-corrected chi connectivity index (χ2v) is 4.68. The number of rotatable bonds is 5. The van der Waals surface area contributed by atoms with Crippen LogP contribution in [-0.2, 0) is 6.61 Å². The third-order valence-corrected chi connectivity index (χ3v) is 2.92. The minimum Gasteiger partial charge on any atom is -0.487 e. The Balaban J connectivity index is 1.98. The van der Waals surface area contributed by atoms with Gasteiger partial charge in [-0.15, -0.1) is 0 Å². The van der Waals surface area contributed by atoms with E-state index in [0.717, 1.165) is 11.4 Å². The summed E-state index contributed by atoms with van der Waals surface area (Å²) in [6, 6.07) is 13.8. The third-order valence-electron chi connectivity index (χ3n) is 2.92. The van der Waals surface area contributed by atoms with Crippen LogP contribution in [0.2, 0.25) is 0 Å². The zero-order valence-electron chi connectivity index (χ0n) is 11.6. The number of ether oxygens (including phenoxy) is 2. The summed E-state index contributed by atoms with van der Waals surface area (Å²) in [5.41, 5.74) is 2.17. The van der Waals surface area contributed by atoms with Crippen molar-refractivity contribution in [2.24, 2.45) is 0 Å². The molecule has 1 heterocycles. The zero-order valence-corrected chi connectivity index (χ0v) is 11.6. The van der Waals surface area contributed by atoms with Gasteiger partial charge in [-0.3, -0.25) is 0 Å². The fourth-order valence-corrected chi connectivity index (χ4v) is 1.76. The fourth-order valence-electron chi connectivity index (χ4n) is 1.76. The Morgan fingerprint density at radius 3 is 2.42 bits per heavy atom. The number of hydrogen-bond acceptors (Lipinski definition) is 3. The maximum Gasteiger partial charge on any atom is 0.213 e. The van der Waals surface area contributed by atoms with Gasteiger partial charge in [0.25, 0.3) is 0 Å². The standard InChI is InChI=1S/C16H19NO2/c1-12(2)13-7-9-15(10-8-13)19-11-14-5-4-6-16(17-14)18-3/h4-10,12H,11H2,1-3H3. The highest BCUT2D eigenvalue weighted by molar-refractivity contribution is 5.29. The summed E-state index contributed by atoms with van der Waals surface area (Å²) in [4.78, 5) is 4.30. The van der Waals surface area contributed by atoms with Gasteiger partial charge >= 0.3 is 0 Å². The van der Waals surface area contributed by atoms with E-state index >= 15 is 0 Å². The number of hydrogen-bond donors (Lipinski definition) is 0. The van der Waals surface area contributed by atoms with Crippen LogP contribution in [0.3, 0.4) is 0 Å². The van der Waals surface area contributed by atoms with Crippen LogP contribution in [0.1, 0.15) is 31.0 Å². The summed E-state index contributed by atoms with van der Waals surface area (Å²) in [5, 5.41) is 0. The maximum absolute atomic E-state index is 5.71. The first-order chi connectivity index (χ1) is 9.19. The summed E-state index contributed by atoms with van der Waals surface area (Å²) in [5.74, 6) is 2.00. The highest BCUT2D eigenvalue weighted by Gasteiger charge is 2.01. The molecule has 0 atom stereocenters. The van der Waals surface area contributed by atoms with Crippen LogP contribution in [0.4, 0.5) is 0 Å². The topological polar surface area (TPSA) is 31.4 Å². The molecular weight excluding hydrogens is 238 g/mol. The lowest BCUT2D eigenvalue weighted by atomic mass is 10.0. The molecule has 2 rings (SSSR count). The molecule has 0 amide bonds. The van der Waals surface area contributed by atoms with Gasteiger partial charge in [0.15, 0.2) is 0 Å². The van der Waals surface area contributed by atoms with E-state index in [-0.39, 0.29) is 0 Å². The Kier molecular flexibility index (Phi) is 4.39. The van der Waals surface area contributed by atoms with E-state index < -0.39 is 0 Å². The van der Waals surface area contributed by atoms with E-state index in [1.807, 2.05) is 30.3 Å². The second-order valence-electron chi connectivity index (χ2n) is 4.68. The first-order valence-electron chi connectivity index (χ1n) is 6.41. The fraction of sp³-hybridized carbons (Fsp3) is 0.312. The number of nitrogens with zero attached hydrogens (tertiary/aromatic N) is 1. The Morgan fingerprint density at radius 1 is 1.05 bits per heavy atom. The van der Waals surface area contributed by atoms with Crippen LogP contribution in [0, 0.1) is 0 Å². The van der Waals surface area contributed by atoms with Crippen molar-refractivity contribution in [2.75, 3.05) is 7.11 Å². The quantitative estimate of drug-likeness (QED) is 0.816. The number of benzene rings is 1. The molecular formula is C16H19NO2. The summed E-state index contributed by atoms with van der Waals surface area (Å²) < 4.78 is 10.8. The Hall–Kier alpha value is -2.03. The lowest BCUT2D eigenvalue weighted by Crippen LogP contribution is -1.99. The van der Waals surface area contributed by atoms with Gasteiger partial charge in [0, 0.05) is 6.07 Å². The summed E-state index contributed by atoms with van der Waals surface area (Å²) in [6.07, 6.45) is 0. The third kappa shape index (κ3) is 3.71. The van der Waals surface area contributed by atoms with E-state index in [2.05, 4.69) is 31.0 Å². The van der Waals surface area contributed by atoms with E-state index in [4.69, 9.17) is 9.47 Å². The molecule has 0 saturated carbocycles. The second kappa shape index (κ2) is 6.23. The highest BCUT2D eigenvalue weighted by Crippen LogP contribution is 2.19. The van der Waals surface area contributed by atoms with Gasteiger partial charge in [0.2, 0.25) is 5.88 Å². The van der Waals surface area contributed by atoms with Gasteiger partial charge in [-0.25, -0.2) is 4.98 Å². The van der Waals surface area contributed by atoms with Crippen LogP contribution in [0.5, 0.6) is 11.6 Å². The molecule has 0 bridgehead atoms. The molecule has 0 unspecified atom stereocenters. The molecule has 0 aliphatic carbocycles. The van der Waals surface area contributed by atoms with Crippen molar-refractivity contribution >= 4 is 0 Å². The van der Waals surface area contributed by atoms with Crippen LogP contribution in [-0.4, -0.2) is 12.1 Å². The smallest absolute Gasteiger partial charge is 0.213 e. The molecule has 0 aliphatic heterocycles. The molecule has 3 nitrogen and oxygen atoms in total. The van der Waals surface area contributed by atoms with Gasteiger partial charge in [0.05, 0.1) is 12.8 Å². The largest absolute Gasteiger partial charge is 0.487 e. The Morgan fingerprint density at radius 2 is 1.79 bits per heavy atom. The van der Waals surface area contributed by atoms with Crippen molar-refractivity contribution in [2.45, 2.75) is 26.4 Å². The lowest BCUT2D eigenvalue weighted by Gasteiger charge is -2.09. The normalized spacial score (nSPS) is 10.5. The minimum atomic E-state index is 0.443. The first kappa shape index (κ1) is 13.4. The van der Waals surface area contributed by atoms with Crippen LogP contribution < -0.4 is 9.47 Å². The number of aromatic nitrogens is 1. The monoisotopic (exact) mass is 257 g/mol. The van der Waals surface area contributed by atoms with E-state index in [0.29, 0.717) is 18.4 Å². The molecule has 0 fully saturated rings. The maximum atomic E-state index is 5.71. The average molecular weight is 257 g/mol. The van der Waals surface area contributed by atoms with E-state index in [1.165, 1.54) is 5.56 Å². The summed E-state index contributed by atoms with van der Waals surface area (Å²) in [7, 11) is 1.61. The van der Waals surface area contributed by atoms with Crippen molar-refractivity contribution in [3.8, 4) is 11.6 Å². The minimum absolute atomic E-state index is 0.443. The summed E-state index contributed by atoms with van der Waals surface area (Å²) >= 11 is 0. The molecule has 19 heavy (non-hydrogen) atoms. The average Bonchev–Trinajstić information content (AvgIpc) is 2.46. The van der Waals surface area contributed by atoms with Crippen LogP contribution >= 0.6 is 0 Å². The van der Waals surface area contributed by atoms with Crippen molar-refractivity contribution in [1.82, 2.24) is 4.98 Å². The van der Waals surface area contributed by atoms with Gasteiger partial charge in [-0.1, -0.05) is 32.0 Å². The molecule has 0 N–H and O–H groups in total. The molecule has 1 aromatic carbocycles. The molecule has 0 radical (unpaired) electrons. The lowest BCUT2D eigenvalue weighted by molar-refractivity contribution is 0.298. The van der Waals surface area contributed by atoms with Crippen molar-refractivity contribution < 1.29 is 9.47 Å². The van der Waals surface area contributed by atoms with Crippen LogP contribution in [0.15, 0.2) is 42.5 Å². The van der Waals surface area contributed by atoms with E-state index in [1.54, 1.807) is 7.11 Å². The van der Waals surface area contributed by atoms with Gasteiger partial charge in [0.1, 0.15) is 12.4 Å². The molecule has 0 spiro atoms. The van der Waals surface area contributed by atoms with E-state index in [9.17, 15) is 0 Å². The molecule has 100 valence electrons. The Bertz CT molecular complexity index is 521. The zero-order chi connectivity index (χ0) is 13.7. The highest BCUT2D eigenvalue weighted by atomic mass is 16.5. The first-order valence-corrected chi connectivity index (χ1v) is 6.41. The predicted octanol–water partition coefficient (Wildman–Crippen LogP) is 3.79. The molecule has 3 heteroatoms. The van der Waals surface area contributed by atoms with Crippen molar-refractivity contribution in [3.05, 3.63) is 53.7 Å². The molecule has 0 aliphatic rings. The number of pyridine rings is 1. The van der Waals surface area contributed by atoms with Gasteiger partial charge in [-0.05, 0) is 29.7 Å². The SMILES string of the molecule is COc1cccc(COc2ccc(C(C)C)cc2)n1. The molecule has 2 aromatic rings. The van der Waals surface area contributed by atoms with Crippen LogP contribution in [0.25, 0.3) is 0 Å². The van der Waals surface area contributed by atoms with Crippen molar-refractivity contribution in [1.29, 1.82) is 0 Å².